The molecular formula is C20H29N3O2. The van der Waals surface area contributed by atoms with Crippen molar-refractivity contribution >= 4 is 17.9 Å². The maximum atomic E-state index is 10.5. The maximum Gasteiger partial charge on any atom is 0.328 e. The Labute approximate surface area is 150 Å². The van der Waals surface area contributed by atoms with Crippen LogP contribution in [0.5, 0.6) is 0 Å². The molecule has 1 aliphatic heterocycles. The highest BCUT2D eigenvalue weighted by molar-refractivity contribution is 5.85. The highest BCUT2D eigenvalue weighted by atomic mass is 16.4. The third kappa shape index (κ3) is 5.85. The largest absolute Gasteiger partial charge is 0.478 e. The first kappa shape index (κ1) is 17.9. The van der Waals surface area contributed by atoms with Crippen molar-refractivity contribution in [3.8, 4) is 0 Å². The molecule has 2 N–H and O–H groups in total. The average molecular weight is 343 g/mol. The second kappa shape index (κ2) is 8.99. The molecule has 1 saturated carbocycles. The van der Waals surface area contributed by atoms with Crippen LogP contribution in [0.3, 0.4) is 0 Å². The lowest BCUT2D eigenvalue weighted by molar-refractivity contribution is -0.131. The van der Waals surface area contributed by atoms with Gasteiger partial charge in [-0.05, 0) is 55.4 Å². The number of aromatic nitrogens is 1. The van der Waals surface area contributed by atoms with E-state index in [1.54, 1.807) is 12.3 Å². The molecule has 2 fully saturated rings. The SMILES string of the molecule is O=C(O)/C=C/c1ccc(NC2CCN(CC3CCCCC3)CC2)nc1. The molecule has 0 amide bonds. The lowest BCUT2D eigenvalue weighted by Crippen LogP contribution is -2.41. The van der Waals surface area contributed by atoms with Gasteiger partial charge < -0.3 is 15.3 Å². The zero-order valence-corrected chi connectivity index (χ0v) is 14.9. The van der Waals surface area contributed by atoms with Gasteiger partial charge in [0.25, 0.3) is 0 Å². The van der Waals surface area contributed by atoms with Crippen molar-refractivity contribution < 1.29 is 9.90 Å². The van der Waals surface area contributed by atoms with Crippen molar-refractivity contribution in [1.29, 1.82) is 0 Å². The van der Waals surface area contributed by atoms with E-state index in [-0.39, 0.29) is 0 Å². The smallest absolute Gasteiger partial charge is 0.328 e. The van der Waals surface area contributed by atoms with Crippen molar-refractivity contribution in [3.63, 3.8) is 0 Å². The highest BCUT2D eigenvalue weighted by Gasteiger charge is 2.22. The van der Waals surface area contributed by atoms with E-state index >= 15 is 0 Å². The minimum Gasteiger partial charge on any atom is -0.478 e. The fourth-order valence-electron chi connectivity index (χ4n) is 3.96. The van der Waals surface area contributed by atoms with Crippen molar-refractivity contribution in [1.82, 2.24) is 9.88 Å². The summed E-state index contributed by atoms with van der Waals surface area (Å²) >= 11 is 0. The van der Waals surface area contributed by atoms with Crippen LogP contribution in [0.1, 0.15) is 50.5 Å². The number of aliphatic carboxylic acids is 1. The van der Waals surface area contributed by atoms with Gasteiger partial charge in [-0.3, -0.25) is 0 Å². The summed E-state index contributed by atoms with van der Waals surface area (Å²) in [6.07, 6.45) is 13.8. The molecule has 0 spiro atoms. The number of pyridine rings is 1. The Morgan fingerprint density at radius 1 is 1.20 bits per heavy atom. The summed E-state index contributed by atoms with van der Waals surface area (Å²) in [6, 6.07) is 4.30. The Balaban J connectivity index is 1.41. The van der Waals surface area contributed by atoms with Crippen molar-refractivity contribution in [2.24, 2.45) is 5.92 Å². The van der Waals surface area contributed by atoms with Gasteiger partial charge in [-0.1, -0.05) is 19.3 Å². The molecule has 0 atom stereocenters. The maximum absolute atomic E-state index is 10.5. The molecule has 2 heterocycles. The number of hydrogen-bond donors (Lipinski definition) is 2. The van der Waals surface area contributed by atoms with E-state index in [1.807, 2.05) is 12.1 Å². The molecule has 5 heteroatoms. The molecule has 0 unspecified atom stereocenters. The monoisotopic (exact) mass is 343 g/mol. The fraction of sp³-hybridized carbons (Fsp3) is 0.600. The van der Waals surface area contributed by atoms with E-state index in [2.05, 4.69) is 15.2 Å². The van der Waals surface area contributed by atoms with Crippen molar-refractivity contribution in [2.75, 3.05) is 25.0 Å². The third-order valence-corrected chi connectivity index (χ3v) is 5.39. The minimum atomic E-state index is -0.942. The van der Waals surface area contributed by atoms with Crippen LogP contribution in [-0.4, -0.2) is 46.6 Å². The normalized spacial score (nSPS) is 20.8. The zero-order chi connectivity index (χ0) is 17.5. The Morgan fingerprint density at radius 3 is 2.60 bits per heavy atom. The van der Waals surface area contributed by atoms with Crippen LogP contribution >= 0.6 is 0 Å². The van der Waals surface area contributed by atoms with Gasteiger partial charge in [-0.15, -0.1) is 0 Å². The molecule has 3 rings (SSSR count). The topological polar surface area (TPSA) is 65.5 Å². The summed E-state index contributed by atoms with van der Waals surface area (Å²) in [5.41, 5.74) is 0.801. The second-order valence-corrected chi connectivity index (χ2v) is 7.37. The predicted molar refractivity (Wildman–Crippen MR) is 101 cm³/mol. The second-order valence-electron chi connectivity index (χ2n) is 7.37. The molecule has 1 aromatic heterocycles. The number of likely N-dealkylation sites (tertiary alicyclic amines) is 1. The van der Waals surface area contributed by atoms with E-state index < -0.39 is 5.97 Å². The number of piperidine rings is 1. The highest BCUT2D eigenvalue weighted by Crippen LogP contribution is 2.26. The van der Waals surface area contributed by atoms with E-state index in [1.165, 1.54) is 51.7 Å². The molecule has 25 heavy (non-hydrogen) atoms. The van der Waals surface area contributed by atoms with Crippen molar-refractivity contribution in [3.05, 3.63) is 30.0 Å². The Bertz CT molecular complexity index is 571. The predicted octanol–water partition coefficient (Wildman–Crippen LogP) is 3.64. The molecule has 1 aliphatic carbocycles. The van der Waals surface area contributed by atoms with Crippen LogP contribution in [0.15, 0.2) is 24.4 Å². The molecule has 1 aromatic rings. The van der Waals surface area contributed by atoms with Crippen molar-refractivity contribution in [2.45, 2.75) is 51.0 Å². The average Bonchev–Trinajstić information content (AvgIpc) is 2.64. The van der Waals surface area contributed by atoms with Gasteiger partial charge in [-0.2, -0.15) is 0 Å². The van der Waals surface area contributed by atoms with Crippen LogP contribution in [-0.2, 0) is 4.79 Å². The van der Waals surface area contributed by atoms with E-state index in [0.717, 1.165) is 36.2 Å². The van der Waals surface area contributed by atoms with E-state index in [9.17, 15) is 4.79 Å². The van der Waals surface area contributed by atoms with Crippen LogP contribution in [0, 0.1) is 5.92 Å². The number of rotatable bonds is 6. The van der Waals surface area contributed by atoms with E-state index in [0.29, 0.717) is 6.04 Å². The molecule has 0 aromatic carbocycles. The zero-order valence-electron chi connectivity index (χ0n) is 14.9. The lowest BCUT2D eigenvalue weighted by Gasteiger charge is -2.35. The standard InChI is InChI=1S/C20H29N3O2/c24-20(25)9-7-16-6-8-19(21-14-16)22-18-10-12-23(13-11-18)15-17-4-2-1-3-5-17/h6-9,14,17-18H,1-5,10-13,15H2,(H,21,22)(H,24,25)/b9-7+. The summed E-state index contributed by atoms with van der Waals surface area (Å²) in [5, 5.41) is 12.2. The first-order valence-corrected chi connectivity index (χ1v) is 9.55. The van der Waals surface area contributed by atoms with Crippen LogP contribution in [0.4, 0.5) is 5.82 Å². The number of anilines is 1. The Kier molecular flexibility index (Phi) is 6.45. The molecule has 5 nitrogen and oxygen atoms in total. The summed E-state index contributed by atoms with van der Waals surface area (Å²) in [5.74, 6) is 0.853. The van der Waals surface area contributed by atoms with E-state index in [4.69, 9.17) is 5.11 Å². The number of hydrogen-bond acceptors (Lipinski definition) is 4. The first-order chi connectivity index (χ1) is 12.2. The lowest BCUT2D eigenvalue weighted by atomic mass is 9.88. The Morgan fingerprint density at radius 2 is 1.96 bits per heavy atom. The van der Waals surface area contributed by atoms with Gasteiger partial charge >= 0.3 is 5.97 Å². The summed E-state index contributed by atoms with van der Waals surface area (Å²) < 4.78 is 0. The minimum absolute atomic E-state index is 0.482. The molecule has 0 radical (unpaired) electrons. The van der Waals surface area contributed by atoms with Gasteiger partial charge in [-0.25, -0.2) is 9.78 Å². The van der Waals surface area contributed by atoms with Gasteiger partial charge in [0.05, 0.1) is 0 Å². The number of carboxylic acid groups (broad SMARTS) is 1. The van der Waals surface area contributed by atoms with Crippen LogP contribution in [0.2, 0.25) is 0 Å². The number of carbonyl (C=O) groups is 1. The fourth-order valence-corrected chi connectivity index (χ4v) is 3.96. The quantitative estimate of drug-likeness (QED) is 0.772. The molecule has 1 saturated heterocycles. The molecule has 0 bridgehead atoms. The summed E-state index contributed by atoms with van der Waals surface area (Å²) in [7, 11) is 0. The van der Waals surface area contributed by atoms with Gasteiger partial charge in [0.2, 0.25) is 0 Å². The van der Waals surface area contributed by atoms with Gasteiger partial charge in [0, 0.05) is 37.9 Å². The summed E-state index contributed by atoms with van der Waals surface area (Å²) in [4.78, 5) is 17.6. The Hall–Kier alpha value is -1.88. The van der Waals surface area contributed by atoms with Crippen LogP contribution < -0.4 is 5.32 Å². The first-order valence-electron chi connectivity index (χ1n) is 9.55. The van der Waals surface area contributed by atoms with Gasteiger partial charge in [0.1, 0.15) is 5.82 Å². The molecule has 136 valence electrons. The number of nitrogens with one attached hydrogen (secondary N) is 1. The van der Waals surface area contributed by atoms with Gasteiger partial charge in [0.15, 0.2) is 0 Å². The number of nitrogens with zero attached hydrogens (tertiary/aromatic N) is 2. The third-order valence-electron chi connectivity index (χ3n) is 5.39. The number of carboxylic acids is 1. The molecular weight excluding hydrogens is 314 g/mol. The molecule has 2 aliphatic rings. The van der Waals surface area contributed by atoms with Crippen LogP contribution in [0.25, 0.3) is 6.08 Å². The summed E-state index contributed by atoms with van der Waals surface area (Å²) in [6.45, 7) is 3.64.